The summed E-state index contributed by atoms with van der Waals surface area (Å²) in [7, 11) is 1.80. The summed E-state index contributed by atoms with van der Waals surface area (Å²) in [5, 5.41) is 14.5. The molecule has 0 aliphatic carbocycles. The first kappa shape index (κ1) is 16.8. The topological polar surface area (TPSA) is 66.9 Å². The maximum Gasteiger partial charge on any atom is 0.233 e. The van der Waals surface area contributed by atoms with Crippen LogP contribution in [0.5, 0.6) is 0 Å². The van der Waals surface area contributed by atoms with Crippen LogP contribution >= 0.6 is 23.1 Å². The molecule has 22 heavy (non-hydrogen) atoms. The van der Waals surface area contributed by atoms with E-state index in [1.165, 1.54) is 28.7 Å². The number of amides is 1. The highest BCUT2D eigenvalue weighted by Gasteiger charge is 2.17. The van der Waals surface area contributed by atoms with E-state index in [1.807, 2.05) is 25.1 Å². The van der Waals surface area contributed by atoms with Crippen LogP contribution in [0.4, 0.5) is 5.13 Å². The fourth-order valence-corrected chi connectivity index (χ4v) is 3.73. The van der Waals surface area contributed by atoms with Crippen LogP contribution in [-0.4, -0.2) is 34.9 Å². The molecule has 118 valence electrons. The molecule has 0 spiro atoms. The second-order valence-corrected chi connectivity index (χ2v) is 7.51. The molecule has 2 rings (SSSR count). The summed E-state index contributed by atoms with van der Waals surface area (Å²) in [6.45, 7) is 4.62. The van der Waals surface area contributed by atoms with Gasteiger partial charge in [0.05, 0.1) is 5.25 Å². The molecule has 2 unspecified atom stereocenters. The molecule has 0 aliphatic rings. The van der Waals surface area contributed by atoms with Crippen molar-refractivity contribution in [3.63, 3.8) is 0 Å². The Bertz CT molecular complexity index is 603. The van der Waals surface area contributed by atoms with Gasteiger partial charge in [-0.15, -0.1) is 10.2 Å². The van der Waals surface area contributed by atoms with E-state index in [0.29, 0.717) is 12.5 Å². The third kappa shape index (κ3) is 4.71. The predicted molar refractivity (Wildman–Crippen MR) is 92.6 cm³/mol. The largest absolute Gasteiger partial charge is 0.363 e. The number of benzene rings is 1. The highest BCUT2D eigenvalue weighted by atomic mass is 32.2. The Morgan fingerprint density at radius 1 is 1.27 bits per heavy atom. The molecule has 2 aromatic rings. The van der Waals surface area contributed by atoms with Gasteiger partial charge < -0.3 is 10.6 Å². The summed E-state index contributed by atoms with van der Waals surface area (Å²) < 4.78 is 0.795. The molecular formula is C15H20N4OS2. The Kier molecular flexibility index (Phi) is 6.21. The van der Waals surface area contributed by atoms with Gasteiger partial charge in [0.2, 0.25) is 11.0 Å². The van der Waals surface area contributed by atoms with Gasteiger partial charge in [0.15, 0.2) is 4.34 Å². The van der Waals surface area contributed by atoms with E-state index in [4.69, 9.17) is 0 Å². The van der Waals surface area contributed by atoms with Crippen molar-refractivity contribution >= 4 is 34.1 Å². The number of carbonyl (C=O) groups excluding carboxylic acids is 1. The second kappa shape index (κ2) is 8.14. The summed E-state index contributed by atoms with van der Waals surface area (Å²) in [5.41, 5.74) is 1.23. The zero-order valence-corrected chi connectivity index (χ0v) is 14.5. The van der Waals surface area contributed by atoms with Crippen molar-refractivity contribution in [3.05, 3.63) is 35.9 Å². The zero-order chi connectivity index (χ0) is 15.9. The lowest BCUT2D eigenvalue weighted by molar-refractivity contribution is -0.120. The molecule has 2 N–H and O–H groups in total. The van der Waals surface area contributed by atoms with Gasteiger partial charge in [-0.25, -0.2) is 0 Å². The summed E-state index contributed by atoms with van der Waals surface area (Å²) in [6, 6.07) is 10.2. The summed E-state index contributed by atoms with van der Waals surface area (Å²) in [4.78, 5) is 12.2. The van der Waals surface area contributed by atoms with Crippen molar-refractivity contribution in [1.29, 1.82) is 0 Å². The lowest BCUT2D eigenvalue weighted by atomic mass is 10.0. The van der Waals surface area contributed by atoms with Crippen LogP contribution in [0.2, 0.25) is 0 Å². The van der Waals surface area contributed by atoms with Crippen LogP contribution < -0.4 is 10.6 Å². The van der Waals surface area contributed by atoms with Crippen molar-refractivity contribution in [2.75, 3.05) is 18.9 Å². The maximum absolute atomic E-state index is 12.2. The SMILES string of the molecule is CNc1nnc(SC(C)C(=O)NCC(C)c2ccccc2)s1. The van der Waals surface area contributed by atoms with Gasteiger partial charge >= 0.3 is 0 Å². The van der Waals surface area contributed by atoms with Crippen molar-refractivity contribution in [2.45, 2.75) is 29.4 Å². The lowest BCUT2D eigenvalue weighted by Crippen LogP contribution is -2.33. The lowest BCUT2D eigenvalue weighted by Gasteiger charge is -2.15. The average molecular weight is 336 g/mol. The zero-order valence-electron chi connectivity index (χ0n) is 12.9. The first-order chi connectivity index (χ1) is 10.6. The molecule has 0 saturated heterocycles. The number of anilines is 1. The minimum atomic E-state index is -0.194. The van der Waals surface area contributed by atoms with Crippen molar-refractivity contribution in [3.8, 4) is 0 Å². The van der Waals surface area contributed by atoms with Gasteiger partial charge in [-0.05, 0) is 18.4 Å². The molecular weight excluding hydrogens is 316 g/mol. The van der Waals surface area contributed by atoms with Gasteiger partial charge in [-0.3, -0.25) is 4.79 Å². The van der Waals surface area contributed by atoms with Crippen LogP contribution in [0.3, 0.4) is 0 Å². The molecule has 0 aliphatic heterocycles. The van der Waals surface area contributed by atoms with Gasteiger partial charge in [0.25, 0.3) is 0 Å². The quantitative estimate of drug-likeness (QED) is 0.761. The molecule has 0 fully saturated rings. The van der Waals surface area contributed by atoms with Crippen molar-refractivity contribution < 1.29 is 4.79 Å². The van der Waals surface area contributed by atoms with Crippen LogP contribution in [0.1, 0.15) is 25.3 Å². The highest BCUT2D eigenvalue weighted by molar-refractivity contribution is 8.02. The predicted octanol–water partition coefficient (Wildman–Crippen LogP) is 2.98. The first-order valence-corrected chi connectivity index (χ1v) is 8.80. The Balaban J connectivity index is 1.81. The van der Waals surface area contributed by atoms with Crippen LogP contribution in [0, 0.1) is 0 Å². The van der Waals surface area contributed by atoms with E-state index in [9.17, 15) is 4.79 Å². The van der Waals surface area contributed by atoms with Crippen LogP contribution in [-0.2, 0) is 4.79 Å². The fraction of sp³-hybridized carbons (Fsp3) is 0.400. The Morgan fingerprint density at radius 2 is 2.00 bits per heavy atom. The van der Waals surface area contributed by atoms with E-state index in [-0.39, 0.29) is 11.2 Å². The maximum atomic E-state index is 12.2. The Morgan fingerprint density at radius 3 is 2.64 bits per heavy atom. The molecule has 7 heteroatoms. The van der Waals surface area contributed by atoms with Crippen molar-refractivity contribution in [1.82, 2.24) is 15.5 Å². The molecule has 1 aromatic heterocycles. The first-order valence-electron chi connectivity index (χ1n) is 7.10. The van der Waals surface area contributed by atoms with E-state index >= 15 is 0 Å². The van der Waals surface area contributed by atoms with Gasteiger partial charge in [-0.2, -0.15) is 0 Å². The Labute approximate surface area is 138 Å². The molecule has 0 radical (unpaired) electrons. The standard InChI is InChI=1S/C15H20N4OS2/c1-10(12-7-5-4-6-8-12)9-17-13(20)11(2)21-15-19-18-14(16-3)22-15/h4-8,10-11H,9H2,1-3H3,(H,16,18)(H,17,20). The van der Waals surface area contributed by atoms with E-state index in [0.717, 1.165) is 9.47 Å². The summed E-state index contributed by atoms with van der Waals surface area (Å²) in [6.07, 6.45) is 0. The molecule has 5 nitrogen and oxygen atoms in total. The van der Waals surface area contributed by atoms with Crippen molar-refractivity contribution in [2.24, 2.45) is 0 Å². The average Bonchev–Trinajstić information content (AvgIpc) is 3.00. The van der Waals surface area contributed by atoms with E-state index < -0.39 is 0 Å². The van der Waals surface area contributed by atoms with Crippen LogP contribution in [0.15, 0.2) is 34.7 Å². The monoisotopic (exact) mass is 336 g/mol. The molecule has 1 amide bonds. The smallest absolute Gasteiger partial charge is 0.233 e. The number of rotatable bonds is 7. The number of nitrogens with zero attached hydrogens (tertiary/aromatic N) is 2. The van der Waals surface area contributed by atoms with Gasteiger partial charge in [0.1, 0.15) is 0 Å². The highest BCUT2D eigenvalue weighted by Crippen LogP contribution is 2.28. The summed E-state index contributed by atoms with van der Waals surface area (Å²) >= 11 is 2.88. The third-order valence-corrected chi connectivity index (χ3v) is 5.34. The molecule has 1 aromatic carbocycles. The third-order valence-electron chi connectivity index (χ3n) is 3.22. The molecule has 2 atom stereocenters. The minimum Gasteiger partial charge on any atom is -0.363 e. The van der Waals surface area contributed by atoms with E-state index in [2.05, 4.69) is 39.9 Å². The number of thioether (sulfide) groups is 1. The molecule has 0 saturated carbocycles. The number of hydrogen-bond acceptors (Lipinski definition) is 6. The molecule has 1 heterocycles. The van der Waals surface area contributed by atoms with E-state index in [1.54, 1.807) is 7.05 Å². The Hall–Kier alpha value is -1.60. The van der Waals surface area contributed by atoms with Gasteiger partial charge in [-0.1, -0.05) is 60.4 Å². The van der Waals surface area contributed by atoms with Gasteiger partial charge in [0, 0.05) is 13.6 Å². The minimum absolute atomic E-state index is 0.0222. The number of hydrogen-bond donors (Lipinski definition) is 2. The fourth-order valence-electron chi connectivity index (χ4n) is 1.86. The molecule has 0 bridgehead atoms. The number of aromatic nitrogens is 2. The van der Waals surface area contributed by atoms with Crippen LogP contribution in [0.25, 0.3) is 0 Å². The second-order valence-electron chi connectivity index (χ2n) is 4.94. The number of nitrogens with one attached hydrogen (secondary N) is 2. The normalized spacial score (nSPS) is 13.4. The summed E-state index contributed by atoms with van der Waals surface area (Å²) in [5.74, 6) is 0.314. The number of carbonyl (C=O) groups is 1.